The summed E-state index contributed by atoms with van der Waals surface area (Å²) in [5.74, 6) is 1.14. The predicted octanol–water partition coefficient (Wildman–Crippen LogP) is 3.73. The Labute approximate surface area is 129 Å². The third-order valence-electron chi connectivity index (χ3n) is 2.95. The summed E-state index contributed by atoms with van der Waals surface area (Å²) in [7, 11) is 1.61. The number of H-pyrrole nitrogens is 1. The number of methoxy groups -OCH3 is 1. The van der Waals surface area contributed by atoms with Gasteiger partial charge in [0, 0.05) is 0 Å². The maximum absolute atomic E-state index is 11.9. The monoisotopic (exact) mass is 318 g/mol. The minimum atomic E-state index is -0.175. The molecule has 106 valence electrons. The number of rotatable bonds is 3. The lowest BCUT2D eigenvalue weighted by Crippen LogP contribution is -2.08. The second-order valence-electron chi connectivity index (χ2n) is 4.31. The lowest BCUT2D eigenvalue weighted by Gasteiger charge is -2.01. The Morgan fingerprint density at radius 2 is 2.10 bits per heavy atom. The van der Waals surface area contributed by atoms with Gasteiger partial charge in [-0.3, -0.25) is 4.79 Å². The van der Waals surface area contributed by atoms with Crippen LogP contribution in [0, 0.1) is 0 Å². The molecule has 0 atom stereocenters. The molecule has 0 aliphatic heterocycles. The Morgan fingerprint density at radius 3 is 2.81 bits per heavy atom. The fraction of sp³-hybridized carbons (Fsp3) is 0.0667. The molecule has 0 amide bonds. The van der Waals surface area contributed by atoms with Crippen molar-refractivity contribution in [3.8, 4) is 5.75 Å². The van der Waals surface area contributed by atoms with Crippen molar-refractivity contribution >= 4 is 44.3 Å². The van der Waals surface area contributed by atoms with Crippen LogP contribution in [0.15, 0.2) is 40.5 Å². The second kappa shape index (κ2) is 5.71. The van der Waals surface area contributed by atoms with Crippen LogP contribution >= 0.6 is 22.9 Å². The van der Waals surface area contributed by atoms with Crippen molar-refractivity contribution in [3.63, 3.8) is 0 Å². The molecule has 0 saturated carbocycles. The first-order valence-electron chi connectivity index (χ1n) is 6.16. The van der Waals surface area contributed by atoms with Gasteiger partial charge in [0.05, 0.1) is 17.7 Å². The molecule has 0 bridgehead atoms. The summed E-state index contributed by atoms with van der Waals surface area (Å²) in [6.45, 7) is 0. The first kappa shape index (κ1) is 13.9. The molecule has 0 spiro atoms. The molecule has 0 fully saturated rings. The summed E-state index contributed by atoms with van der Waals surface area (Å²) in [6.07, 6.45) is 1.75. The number of aromatic amines is 1. The number of benzene rings is 1. The molecule has 0 aliphatic carbocycles. The highest BCUT2D eigenvalue weighted by Gasteiger charge is 2.07. The summed E-state index contributed by atoms with van der Waals surface area (Å²) < 4.78 is 5.71. The molecule has 2 aromatic heterocycles. The van der Waals surface area contributed by atoms with Crippen molar-refractivity contribution in [3.05, 3.63) is 57.5 Å². The van der Waals surface area contributed by atoms with Crippen LogP contribution < -0.4 is 10.3 Å². The van der Waals surface area contributed by atoms with Crippen LogP contribution in [0.4, 0.5) is 0 Å². The van der Waals surface area contributed by atoms with Crippen LogP contribution in [0.1, 0.15) is 11.4 Å². The molecule has 6 heteroatoms. The lowest BCUT2D eigenvalue weighted by atomic mass is 10.2. The molecule has 1 N–H and O–H groups in total. The summed E-state index contributed by atoms with van der Waals surface area (Å²) in [6, 6.07) is 9.24. The Morgan fingerprint density at radius 1 is 1.33 bits per heavy atom. The molecule has 0 saturated heterocycles. The number of fused-ring (bicyclic) bond motifs is 1. The zero-order valence-electron chi connectivity index (χ0n) is 11.1. The van der Waals surface area contributed by atoms with Crippen molar-refractivity contribution in [2.75, 3.05) is 7.11 Å². The molecule has 2 heterocycles. The first-order valence-corrected chi connectivity index (χ1v) is 7.42. The smallest absolute Gasteiger partial charge is 0.269 e. The van der Waals surface area contributed by atoms with E-state index in [1.807, 2.05) is 29.6 Å². The number of ether oxygens (including phenoxy) is 1. The van der Waals surface area contributed by atoms with Crippen molar-refractivity contribution < 1.29 is 4.74 Å². The van der Waals surface area contributed by atoms with Gasteiger partial charge >= 0.3 is 0 Å². The molecule has 21 heavy (non-hydrogen) atoms. The average Bonchev–Trinajstić information content (AvgIpc) is 2.97. The normalized spacial score (nSPS) is 11.8. The number of aromatic nitrogens is 2. The van der Waals surface area contributed by atoms with Gasteiger partial charge in [0.15, 0.2) is 5.82 Å². The molecular formula is C15H11ClN2O2S. The Bertz CT molecular complexity index is 865. The van der Waals surface area contributed by atoms with Crippen molar-refractivity contribution in [2.45, 2.75) is 0 Å². The van der Waals surface area contributed by atoms with Gasteiger partial charge in [0.25, 0.3) is 5.56 Å². The van der Waals surface area contributed by atoms with E-state index in [-0.39, 0.29) is 5.56 Å². The first-order chi connectivity index (χ1) is 10.2. The number of hydrogen-bond donors (Lipinski definition) is 1. The fourth-order valence-corrected chi connectivity index (χ4v) is 2.84. The van der Waals surface area contributed by atoms with Crippen LogP contribution in [0.5, 0.6) is 5.75 Å². The zero-order chi connectivity index (χ0) is 14.8. The zero-order valence-corrected chi connectivity index (χ0v) is 12.7. The third kappa shape index (κ3) is 2.84. The van der Waals surface area contributed by atoms with Gasteiger partial charge in [-0.1, -0.05) is 23.7 Å². The van der Waals surface area contributed by atoms with Crippen LogP contribution in [-0.2, 0) is 0 Å². The molecule has 3 aromatic rings. The summed E-state index contributed by atoms with van der Waals surface area (Å²) in [5, 5.41) is 2.21. The fourth-order valence-electron chi connectivity index (χ4n) is 1.90. The Hall–Kier alpha value is -2.11. The number of thiophene rings is 1. The largest absolute Gasteiger partial charge is 0.497 e. The van der Waals surface area contributed by atoms with Gasteiger partial charge in [-0.05, 0) is 35.2 Å². The van der Waals surface area contributed by atoms with Crippen LogP contribution in [0.25, 0.3) is 21.3 Å². The van der Waals surface area contributed by atoms with Gasteiger partial charge in [-0.25, -0.2) is 4.98 Å². The van der Waals surface area contributed by atoms with E-state index in [1.165, 1.54) is 11.3 Å². The molecule has 4 nitrogen and oxygen atoms in total. The summed E-state index contributed by atoms with van der Waals surface area (Å²) in [4.78, 5) is 19.0. The Kier molecular flexibility index (Phi) is 3.77. The summed E-state index contributed by atoms with van der Waals surface area (Å²) >= 11 is 7.61. The van der Waals surface area contributed by atoms with E-state index in [0.29, 0.717) is 21.1 Å². The topological polar surface area (TPSA) is 55.0 Å². The molecule has 0 aliphatic rings. The minimum Gasteiger partial charge on any atom is -0.497 e. The highest BCUT2D eigenvalue weighted by Crippen LogP contribution is 2.22. The number of nitrogens with zero attached hydrogens (tertiary/aromatic N) is 1. The van der Waals surface area contributed by atoms with E-state index in [4.69, 9.17) is 16.3 Å². The van der Waals surface area contributed by atoms with Crippen molar-refractivity contribution in [2.24, 2.45) is 0 Å². The SMILES string of the molecule is COc1ccc(/C=C(/Cl)c2nc3ccsc3c(=O)[nH]2)cc1. The molecule has 1 aromatic carbocycles. The number of nitrogens with one attached hydrogen (secondary N) is 1. The lowest BCUT2D eigenvalue weighted by molar-refractivity contribution is 0.415. The van der Waals surface area contributed by atoms with Gasteiger partial charge in [-0.2, -0.15) is 0 Å². The van der Waals surface area contributed by atoms with E-state index in [2.05, 4.69) is 9.97 Å². The second-order valence-corrected chi connectivity index (χ2v) is 5.64. The van der Waals surface area contributed by atoms with Gasteiger partial charge in [0.2, 0.25) is 0 Å². The van der Waals surface area contributed by atoms with E-state index in [1.54, 1.807) is 19.3 Å². The highest BCUT2D eigenvalue weighted by atomic mass is 35.5. The van der Waals surface area contributed by atoms with E-state index in [9.17, 15) is 4.79 Å². The van der Waals surface area contributed by atoms with E-state index in [0.717, 1.165) is 11.3 Å². The van der Waals surface area contributed by atoms with Crippen LogP contribution in [0.2, 0.25) is 0 Å². The quantitative estimate of drug-likeness (QED) is 0.800. The standard InChI is InChI=1S/C15H11ClN2O2S/c1-20-10-4-2-9(3-5-10)8-11(16)14-17-12-6-7-21-13(12)15(19)18-14/h2-8H,1H3,(H,17,18,19)/b11-8+. The van der Waals surface area contributed by atoms with E-state index < -0.39 is 0 Å². The number of hydrogen-bond acceptors (Lipinski definition) is 4. The third-order valence-corrected chi connectivity index (χ3v) is 4.14. The van der Waals surface area contributed by atoms with Gasteiger partial charge in [-0.15, -0.1) is 11.3 Å². The Balaban J connectivity index is 2.00. The van der Waals surface area contributed by atoms with E-state index >= 15 is 0 Å². The average molecular weight is 319 g/mol. The maximum atomic E-state index is 11.9. The highest BCUT2D eigenvalue weighted by molar-refractivity contribution is 7.17. The van der Waals surface area contributed by atoms with Crippen LogP contribution in [-0.4, -0.2) is 17.1 Å². The van der Waals surface area contributed by atoms with Crippen molar-refractivity contribution in [1.82, 2.24) is 9.97 Å². The van der Waals surface area contributed by atoms with Crippen LogP contribution in [0.3, 0.4) is 0 Å². The maximum Gasteiger partial charge on any atom is 0.269 e. The predicted molar refractivity (Wildman–Crippen MR) is 87.0 cm³/mol. The summed E-state index contributed by atoms with van der Waals surface area (Å²) in [5.41, 5.74) is 1.38. The van der Waals surface area contributed by atoms with Crippen molar-refractivity contribution in [1.29, 1.82) is 0 Å². The van der Waals surface area contributed by atoms with Gasteiger partial charge < -0.3 is 9.72 Å². The molecular weight excluding hydrogens is 308 g/mol. The van der Waals surface area contributed by atoms with Gasteiger partial charge in [0.1, 0.15) is 10.4 Å². The minimum absolute atomic E-state index is 0.175. The molecule has 0 radical (unpaired) electrons. The number of halogens is 1. The molecule has 0 unspecified atom stereocenters. The molecule has 3 rings (SSSR count).